The van der Waals surface area contributed by atoms with E-state index in [4.69, 9.17) is 4.74 Å². The molecule has 23 heavy (non-hydrogen) atoms. The standard InChI is InChI=1S/C18H26N2O3/c1-5-6-7-10-20-14-11-13(19-17(22)18(2,3)4)8-9-15(14)23-12-16(20)21/h8-9,11H,5-7,10,12H2,1-4H3,(H,19,22). The van der Waals surface area contributed by atoms with Crippen molar-refractivity contribution in [2.24, 2.45) is 5.41 Å². The second-order valence-corrected chi connectivity index (χ2v) is 6.93. The molecule has 0 spiro atoms. The number of hydrogen-bond acceptors (Lipinski definition) is 3. The molecular formula is C18H26N2O3. The van der Waals surface area contributed by atoms with Crippen LogP contribution in [0.4, 0.5) is 11.4 Å². The zero-order valence-corrected chi connectivity index (χ0v) is 14.4. The highest BCUT2D eigenvalue weighted by atomic mass is 16.5. The van der Waals surface area contributed by atoms with Gasteiger partial charge in [0.15, 0.2) is 6.61 Å². The Balaban J connectivity index is 2.21. The van der Waals surface area contributed by atoms with Crippen LogP contribution < -0.4 is 15.0 Å². The number of carbonyl (C=O) groups is 2. The van der Waals surface area contributed by atoms with Crippen molar-refractivity contribution in [2.45, 2.75) is 47.0 Å². The summed E-state index contributed by atoms with van der Waals surface area (Å²) in [6.07, 6.45) is 3.15. The van der Waals surface area contributed by atoms with Gasteiger partial charge in [0.1, 0.15) is 5.75 Å². The molecule has 0 unspecified atom stereocenters. The van der Waals surface area contributed by atoms with Crippen LogP contribution in [-0.2, 0) is 9.59 Å². The second kappa shape index (κ2) is 7.02. The van der Waals surface area contributed by atoms with Crippen LogP contribution in [0.2, 0.25) is 0 Å². The first-order valence-corrected chi connectivity index (χ1v) is 8.21. The largest absolute Gasteiger partial charge is 0.482 e. The Morgan fingerprint density at radius 2 is 2.04 bits per heavy atom. The summed E-state index contributed by atoms with van der Waals surface area (Å²) in [6, 6.07) is 5.44. The molecule has 0 saturated carbocycles. The molecule has 1 N–H and O–H groups in total. The fraction of sp³-hybridized carbons (Fsp3) is 0.556. The molecule has 2 rings (SSSR count). The van der Waals surface area contributed by atoms with Crippen molar-refractivity contribution in [2.75, 3.05) is 23.4 Å². The lowest BCUT2D eigenvalue weighted by molar-refractivity contribution is -0.123. The SMILES string of the molecule is CCCCCN1C(=O)COc2ccc(NC(=O)C(C)(C)C)cc21. The first-order chi connectivity index (χ1) is 10.8. The van der Waals surface area contributed by atoms with E-state index in [2.05, 4.69) is 12.2 Å². The minimum Gasteiger partial charge on any atom is -0.482 e. The highest BCUT2D eigenvalue weighted by Gasteiger charge is 2.26. The number of ether oxygens (including phenoxy) is 1. The minimum absolute atomic E-state index is 0.0344. The van der Waals surface area contributed by atoms with Gasteiger partial charge in [-0.05, 0) is 24.6 Å². The number of hydrogen-bond donors (Lipinski definition) is 1. The van der Waals surface area contributed by atoms with E-state index in [0.29, 0.717) is 18.0 Å². The monoisotopic (exact) mass is 318 g/mol. The first-order valence-electron chi connectivity index (χ1n) is 8.21. The van der Waals surface area contributed by atoms with Gasteiger partial charge in [0, 0.05) is 17.6 Å². The topological polar surface area (TPSA) is 58.6 Å². The Labute approximate surface area is 138 Å². The summed E-state index contributed by atoms with van der Waals surface area (Å²) in [7, 11) is 0. The lowest BCUT2D eigenvalue weighted by atomic mass is 9.95. The molecule has 2 amide bonds. The van der Waals surface area contributed by atoms with Crippen LogP contribution >= 0.6 is 0 Å². The van der Waals surface area contributed by atoms with Gasteiger partial charge in [0.2, 0.25) is 5.91 Å². The van der Waals surface area contributed by atoms with Crippen LogP contribution in [-0.4, -0.2) is 25.0 Å². The van der Waals surface area contributed by atoms with E-state index in [1.807, 2.05) is 39.0 Å². The molecule has 0 bridgehead atoms. The van der Waals surface area contributed by atoms with Crippen molar-refractivity contribution in [3.05, 3.63) is 18.2 Å². The molecule has 1 aromatic rings. The normalized spacial score (nSPS) is 14.3. The predicted molar refractivity (Wildman–Crippen MR) is 91.9 cm³/mol. The van der Waals surface area contributed by atoms with Gasteiger partial charge in [0.25, 0.3) is 5.91 Å². The lowest BCUT2D eigenvalue weighted by Crippen LogP contribution is -2.39. The number of fused-ring (bicyclic) bond motifs is 1. The molecule has 0 aliphatic carbocycles. The van der Waals surface area contributed by atoms with Crippen molar-refractivity contribution in [3.8, 4) is 5.75 Å². The molecule has 1 aliphatic heterocycles. The third-order valence-electron chi connectivity index (χ3n) is 3.83. The molecule has 0 fully saturated rings. The Morgan fingerprint density at radius 1 is 1.30 bits per heavy atom. The van der Waals surface area contributed by atoms with Crippen molar-refractivity contribution >= 4 is 23.2 Å². The number of benzene rings is 1. The summed E-state index contributed by atoms with van der Waals surface area (Å²) in [5, 5.41) is 2.90. The maximum atomic E-state index is 12.2. The average Bonchev–Trinajstić information content (AvgIpc) is 2.48. The number of unbranched alkanes of at least 4 members (excludes halogenated alkanes) is 2. The molecular weight excluding hydrogens is 292 g/mol. The van der Waals surface area contributed by atoms with Crippen LogP contribution in [0, 0.1) is 5.41 Å². The summed E-state index contributed by atoms with van der Waals surface area (Å²) in [5.41, 5.74) is 0.954. The molecule has 0 atom stereocenters. The van der Waals surface area contributed by atoms with Crippen molar-refractivity contribution in [3.63, 3.8) is 0 Å². The number of rotatable bonds is 5. The van der Waals surface area contributed by atoms with Gasteiger partial charge in [-0.2, -0.15) is 0 Å². The van der Waals surface area contributed by atoms with E-state index < -0.39 is 5.41 Å². The Morgan fingerprint density at radius 3 is 2.70 bits per heavy atom. The molecule has 1 aromatic carbocycles. The molecule has 0 saturated heterocycles. The fourth-order valence-electron chi connectivity index (χ4n) is 2.36. The number of carbonyl (C=O) groups excluding carboxylic acids is 2. The summed E-state index contributed by atoms with van der Waals surface area (Å²) in [5.74, 6) is 0.598. The molecule has 126 valence electrons. The van der Waals surface area contributed by atoms with Gasteiger partial charge in [0.05, 0.1) is 5.69 Å². The van der Waals surface area contributed by atoms with Crippen LogP contribution in [0.5, 0.6) is 5.75 Å². The summed E-state index contributed by atoms with van der Waals surface area (Å²) >= 11 is 0. The van der Waals surface area contributed by atoms with E-state index in [1.54, 1.807) is 4.90 Å². The number of anilines is 2. The minimum atomic E-state index is -0.469. The third-order valence-corrected chi connectivity index (χ3v) is 3.83. The number of nitrogens with one attached hydrogen (secondary N) is 1. The van der Waals surface area contributed by atoms with Gasteiger partial charge >= 0.3 is 0 Å². The van der Waals surface area contributed by atoms with Gasteiger partial charge in [-0.3, -0.25) is 9.59 Å². The van der Waals surface area contributed by atoms with Crippen molar-refractivity contribution in [1.82, 2.24) is 0 Å². The van der Waals surface area contributed by atoms with Crippen molar-refractivity contribution < 1.29 is 14.3 Å². The third kappa shape index (κ3) is 4.24. The zero-order chi connectivity index (χ0) is 17.0. The molecule has 0 aromatic heterocycles. The molecule has 5 heteroatoms. The first kappa shape index (κ1) is 17.3. The van der Waals surface area contributed by atoms with Crippen LogP contribution in [0.3, 0.4) is 0 Å². The molecule has 0 radical (unpaired) electrons. The predicted octanol–water partition coefficient (Wildman–Crippen LogP) is 3.59. The van der Waals surface area contributed by atoms with Gasteiger partial charge in [-0.15, -0.1) is 0 Å². The molecule has 1 aliphatic rings. The fourth-order valence-corrected chi connectivity index (χ4v) is 2.36. The maximum absolute atomic E-state index is 12.2. The number of amides is 2. The highest BCUT2D eigenvalue weighted by Crippen LogP contribution is 2.35. The summed E-state index contributed by atoms with van der Waals surface area (Å²) in [6.45, 7) is 8.49. The van der Waals surface area contributed by atoms with E-state index in [1.165, 1.54) is 0 Å². The van der Waals surface area contributed by atoms with Crippen LogP contribution in [0.15, 0.2) is 18.2 Å². The quantitative estimate of drug-likeness (QED) is 0.844. The summed E-state index contributed by atoms with van der Waals surface area (Å²) in [4.78, 5) is 26.1. The average molecular weight is 318 g/mol. The Bertz CT molecular complexity index is 590. The maximum Gasteiger partial charge on any atom is 0.265 e. The second-order valence-electron chi connectivity index (χ2n) is 6.93. The molecule has 1 heterocycles. The Hall–Kier alpha value is -2.04. The van der Waals surface area contributed by atoms with E-state index in [-0.39, 0.29) is 18.4 Å². The lowest BCUT2D eigenvalue weighted by Gasteiger charge is -2.30. The number of nitrogens with zero attached hydrogens (tertiary/aromatic N) is 1. The van der Waals surface area contributed by atoms with Gasteiger partial charge in [-0.25, -0.2) is 0 Å². The van der Waals surface area contributed by atoms with E-state index in [0.717, 1.165) is 24.9 Å². The molecule has 5 nitrogen and oxygen atoms in total. The zero-order valence-electron chi connectivity index (χ0n) is 14.4. The van der Waals surface area contributed by atoms with Crippen LogP contribution in [0.1, 0.15) is 47.0 Å². The van der Waals surface area contributed by atoms with Crippen molar-refractivity contribution in [1.29, 1.82) is 0 Å². The van der Waals surface area contributed by atoms with Gasteiger partial charge in [-0.1, -0.05) is 40.5 Å². The smallest absolute Gasteiger partial charge is 0.265 e. The van der Waals surface area contributed by atoms with E-state index >= 15 is 0 Å². The highest BCUT2D eigenvalue weighted by molar-refractivity contribution is 6.00. The van der Waals surface area contributed by atoms with Gasteiger partial charge < -0.3 is 15.0 Å². The van der Waals surface area contributed by atoms with Crippen LogP contribution in [0.25, 0.3) is 0 Å². The summed E-state index contributed by atoms with van der Waals surface area (Å²) < 4.78 is 5.50. The van der Waals surface area contributed by atoms with E-state index in [9.17, 15) is 9.59 Å². The Kier molecular flexibility index (Phi) is 5.29.